The predicted molar refractivity (Wildman–Crippen MR) is 62.7 cm³/mol. The second kappa shape index (κ2) is 4.74. The van der Waals surface area contributed by atoms with E-state index in [9.17, 15) is 9.59 Å². The number of ether oxygens (including phenoxy) is 1. The lowest BCUT2D eigenvalue weighted by atomic mass is 10.1. The van der Waals surface area contributed by atoms with Crippen LogP contribution in [0.25, 0.3) is 10.9 Å². The maximum atomic E-state index is 11.7. The molecule has 1 aromatic carbocycles. The maximum absolute atomic E-state index is 11.7. The first-order chi connectivity index (χ1) is 8.20. The van der Waals surface area contributed by atoms with Crippen LogP contribution in [0.5, 0.6) is 0 Å². The Bertz CT molecular complexity index is 578. The van der Waals surface area contributed by atoms with Crippen molar-refractivity contribution in [1.29, 1.82) is 0 Å². The van der Waals surface area contributed by atoms with Gasteiger partial charge in [0.15, 0.2) is 5.78 Å². The van der Waals surface area contributed by atoms with Crippen LogP contribution in [-0.2, 0) is 9.53 Å². The Kier molecular flexibility index (Phi) is 3.14. The molecule has 0 aliphatic rings. The molecule has 0 saturated heterocycles. The van der Waals surface area contributed by atoms with Crippen LogP contribution in [0.4, 0.5) is 0 Å². The van der Waals surface area contributed by atoms with Crippen molar-refractivity contribution in [2.45, 2.75) is 6.42 Å². The highest BCUT2D eigenvalue weighted by Crippen LogP contribution is 2.13. The molecule has 1 heterocycles. The zero-order chi connectivity index (χ0) is 12.3. The smallest absolute Gasteiger partial charge is 0.313 e. The molecule has 0 radical (unpaired) electrons. The lowest BCUT2D eigenvalue weighted by Crippen LogP contribution is -2.09. The highest BCUT2D eigenvalue weighted by atomic mass is 16.5. The first-order valence-corrected chi connectivity index (χ1v) is 5.15. The van der Waals surface area contributed by atoms with E-state index in [-0.39, 0.29) is 12.2 Å². The molecular weight excluding hydrogens is 218 g/mol. The van der Waals surface area contributed by atoms with Gasteiger partial charge in [0.25, 0.3) is 0 Å². The molecule has 0 fully saturated rings. The number of hydrogen-bond acceptors (Lipinski definition) is 4. The zero-order valence-electron chi connectivity index (χ0n) is 9.34. The fraction of sp³-hybridized carbons (Fsp3) is 0.154. The number of pyridine rings is 1. The molecule has 1 aromatic heterocycles. The molecule has 0 saturated carbocycles. The summed E-state index contributed by atoms with van der Waals surface area (Å²) in [6, 6.07) is 9.22. The van der Waals surface area contributed by atoms with Crippen molar-refractivity contribution in [3.05, 3.63) is 42.1 Å². The Morgan fingerprint density at radius 3 is 2.82 bits per heavy atom. The zero-order valence-corrected chi connectivity index (χ0v) is 9.34. The minimum atomic E-state index is -0.539. The minimum absolute atomic E-state index is 0.253. The number of carbonyl (C=O) groups excluding carboxylic acids is 2. The van der Waals surface area contributed by atoms with Gasteiger partial charge in [0, 0.05) is 17.1 Å². The monoisotopic (exact) mass is 229 g/mol. The van der Waals surface area contributed by atoms with Crippen LogP contribution in [-0.4, -0.2) is 23.8 Å². The summed E-state index contributed by atoms with van der Waals surface area (Å²) in [7, 11) is 1.26. The van der Waals surface area contributed by atoms with Crippen LogP contribution >= 0.6 is 0 Å². The Morgan fingerprint density at radius 1 is 1.29 bits per heavy atom. The van der Waals surface area contributed by atoms with Crippen LogP contribution < -0.4 is 0 Å². The number of benzene rings is 1. The highest BCUT2D eigenvalue weighted by Gasteiger charge is 2.12. The van der Waals surface area contributed by atoms with Gasteiger partial charge in [-0.2, -0.15) is 0 Å². The summed E-state index contributed by atoms with van der Waals surface area (Å²) in [5.41, 5.74) is 1.25. The second-order valence-corrected chi connectivity index (χ2v) is 3.59. The van der Waals surface area contributed by atoms with Gasteiger partial charge in [-0.3, -0.25) is 14.6 Å². The maximum Gasteiger partial charge on any atom is 0.313 e. The molecule has 2 aromatic rings. The van der Waals surface area contributed by atoms with Crippen molar-refractivity contribution >= 4 is 22.7 Å². The van der Waals surface area contributed by atoms with Crippen LogP contribution in [0, 0.1) is 0 Å². The van der Waals surface area contributed by atoms with E-state index in [0.29, 0.717) is 5.56 Å². The number of ketones is 1. The van der Waals surface area contributed by atoms with E-state index >= 15 is 0 Å². The van der Waals surface area contributed by atoms with Crippen molar-refractivity contribution < 1.29 is 14.3 Å². The Balaban J connectivity index is 2.30. The van der Waals surface area contributed by atoms with Gasteiger partial charge in [0.05, 0.1) is 12.6 Å². The Hall–Kier alpha value is -2.23. The summed E-state index contributed by atoms with van der Waals surface area (Å²) in [6.07, 6.45) is 1.23. The van der Waals surface area contributed by atoms with E-state index in [1.165, 1.54) is 13.3 Å². The number of rotatable bonds is 3. The number of carbonyl (C=O) groups is 2. The summed E-state index contributed by atoms with van der Waals surface area (Å²) < 4.78 is 4.45. The first-order valence-electron chi connectivity index (χ1n) is 5.15. The van der Waals surface area contributed by atoms with Crippen molar-refractivity contribution in [1.82, 2.24) is 4.98 Å². The molecule has 0 bridgehead atoms. The van der Waals surface area contributed by atoms with E-state index in [4.69, 9.17) is 0 Å². The van der Waals surface area contributed by atoms with Gasteiger partial charge in [-0.1, -0.05) is 18.2 Å². The molecule has 0 aliphatic carbocycles. The number of para-hydroxylation sites is 1. The molecule has 86 valence electrons. The topological polar surface area (TPSA) is 56.3 Å². The molecule has 0 amide bonds. The fourth-order valence-corrected chi connectivity index (χ4v) is 1.53. The lowest BCUT2D eigenvalue weighted by molar-refractivity contribution is -0.139. The van der Waals surface area contributed by atoms with Crippen molar-refractivity contribution in [3.63, 3.8) is 0 Å². The van der Waals surface area contributed by atoms with E-state index < -0.39 is 5.97 Å². The SMILES string of the molecule is COC(=O)CC(=O)c1cnc2ccccc2c1. The van der Waals surface area contributed by atoms with E-state index in [0.717, 1.165) is 10.9 Å². The summed E-state index contributed by atoms with van der Waals surface area (Å²) in [5.74, 6) is -0.821. The number of fused-ring (bicyclic) bond motifs is 1. The molecular formula is C13H11NO3. The molecule has 4 heteroatoms. The second-order valence-electron chi connectivity index (χ2n) is 3.59. The molecule has 0 spiro atoms. The highest BCUT2D eigenvalue weighted by molar-refractivity contribution is 6.07. The Labute approximate surface area is 98.2 Å². The molecule has 17 heavy (non-hydrogen) atoms. The molecule has 0 N–H and O–H groups in total. The van der Waals surface area contributed by atoms with E-state index in [1.807, 2.05) is 24.3 Å². The fourth-order valence-electron chi connectivity index (χ4n) is 1.53. The number of esters is 1. The normalized spacial score (nSPS) is 10.2. The molecule has 2 rings (SSSR count). The number of methoxy groups -OCH3 is 1. The average molecular weight is 229 g/mol. The average Bonchev–Trinajstić information content (AvgIpc) is 2.38. The number of aromatic nitrogens is 1. The van der Waals surface area contributed by atoms with Crippen LogP contribution in [0.3, 0.4) is 0 Å². The first kappa shape index (κ1) is 11.3. The largest absolute Gasteiger partial charge is 0.469 e. The molecule has 0 unspecified atom stereocenters. The number of hydrogen-bond donors (Lipinski definition) is 0. The summed E-state index contributed by atoms with van der Waals surface area (Å²) in [6.45, 7) is 0. The summed E-state index contributed by atoms with van der Waals surface area (Å²) >= 11 is 0. The molecule has 4 nitrogen and oxygen atoms in total. The van der Waals surface area contributed by atoms with Gasteiger partial charge in [-0.25, -0.2) is 0 Å². The van der Waals surface area contributed by atoms with Gasteiger partial charge in [0.1, 0.15) is 6.42 Å². The van der Waals surface area contributed by atoms with Gasteiger partial charge in [-0.15, -0.1) is 0 Å². The third-order valence-corrected chi connectivity index (χ3v) is 2.45. The predicted octanol–water partition coefficient (Wildman–Crippen LogP) is 1.98. The summed E-state index contributed by atoms with van der Waals surface area (Å²) in [4.78, 5) is 26.9. The van der Waals surface area contributed by atoms with Crippen LogP contribution in [0.1, 0.15) is 16.8 Å². The van der Waals surface area contributed by atoms with Crippen LogP contribution in [0.2, 0.25) is 0 Å². The van der Waals surface area contributed by atoms with Gasteiger partial charge >= 0.3 is 5.97 Å². The van der Waals surface area contributed by atoms with Crippen molar-refractivity contribution in [2.75, 3.05) is 7.11 Å². The molecule has 0 atom stereocenters. The van der Waals surface area contributed by atoms with Gasteiger partial charge in [-0.05, 0) is 12.1 Å². The van der Waals surface area contributed by atoms with Crippen molar-refractivity contribution in [3.8, 4) is 0 Å². The van der Waals surface area contributed by atoms with Gasteiger partial charge < -0.3 is 4.74 Å². The van der Waals surface area contributed by atoms with Gasteiger partial charge in [0.2, 0.25) is 0 Å². The quantitative estimate of drug-likeness (QED) is 0.458. The third-order valence-electron chi connectivity index (χ3n) is 2.45. The van der Waals surface area contributed by atoms with E-state index in [2.05, 4.69) is 9.72 Å². The van der Waals surface area contributed by atoms with Crippen LogP contribution in [0.15, 0.2) is 36.5 Å². The standard InChI is InChI=1S/C13H11NO3/c1-17-13(16)7-12(15)10-6-9-4-2-3-5-11(9)14-8-10/h2-6,8H,7H2,1H3. The minimum Gasteiger partial charge on any atom is -0.469 e. The van der Waals surface area contributed by atoms with Crippen molar-refractivity contribution in [2.24, 2.45) is 0 Å². The number of Topliss-reactive ketones (excluding diaryl/α,β-unsaturated/α-hetero) is 1. The molecule has 0 aliphatic heterocycles. The summed E-state index contributed by atoms with van der Waals surface area (Å²) in [5, 5.41) is 0.878. The lowest BCUT2D eigenvalue weighted by Gasteiger charge is -2.01. The number of nitrogens with zero attached hydrogens (tertiary/aromatic N) is 1. The third kappa shape index (κ3) is 2.47. The Morgan fingerprint density at radius 2 is 2.06 bits per heavy atom. The van der Waals surface area contributed by atoms with E-state index in [1.54, 1.807) is 6.07 Å².